The number of carbonyl (C=O) groups excluding carboxylic acids is 1. The van der Waals surface area contributed by atoms with Gasteiger partial charge in [0.25, 0.3) is 0 Å². The third-order valence-corrected chi connectivity index (χ3v) is 10.9. The highest BCUT2D eigenvalue weighted by molar-refractivity contribution is 5.79. The summed E-state index contributed by atoms with van der Waals surface area (Å²) in [7, 11) is 0. The van der Waals surface area contributed by atoms with Gasteiger partial charge in [-0.15, -0.1) is 0 Å². The number of hydrogen-bond acceptors (Lipinski definition) is 1. The molecule has 4 aliphatic carbocycles. The fourth-order valence-corrected chi connectivity index (χ4v) is 9.24. The highest BCUT2D eigenvalue weighted by Gasteiger charge is 2.60. The molecule has 4 rings (SSSR count). The second kappa shape index (κ2) is 8.31. The number of carbonyl (C=O) groups is 1. The molecule has 0 aliphatic heterocycles. The Hall–Kier alpha value is -0.330. The van der Waals surface area contributed by atoms with Crippen molar-refractivity contribution < 1.29 is 4.79 Å². The Bertz CT molecular complexity index is 593. The number of unbranched alkanes of at least 4 members (excludes halogenated alkanes) is 1. The molecule has 0 N–H and O–H groups in total. The van der Waals surface area contributed by atoms with Crippen molar-refractivity contribution in [1.82, 2.24) is 0 Å². The Morgan fingerprint density at radius 3 is 2.34 bits per heavy atom. The first kappa shape index (κ1) is 21.9. The predicted molar refractivity (Wildman–Crippen MR) is 123 cm³/mol. The van der Waals surface area contributed by atoms with E-state index in [9.17, 15) is 4.79 Å². The van der Waals surface area contributed by atoms with Crippen molar-refractivity contribution >= 4 is 5.78 Å². The second-order valence-corrected chi connectivity index (χ2v) is 12.8. The van der Waals surface area contributed by atoms with Gasteiger partial charge in [-0.05, 0) is 97.2 Å². The van der Waals surface area contributed by atoms with Crippen LogP contribution in [0.25, 0.3) is 0 Å². The van der Waals surface area contributed by atoms with Crippen LogP contribution in [0.1, 0.15) is 118 Å². The largest absolute Gasteiger partial charge is 0.300 e. The van der Waals surface area contributed by atoms with Crippen LogP contribution in [0.4, 0.5) is 0 Å². The average Bonchev–Trinajstić information content (AvgIpc) is 3.03. The highest BCUT2D eigenvalue weighted by atomic mass is 16.1. The third kappa shape index (κ3) is 3.87. The maximum atomic E-state index is 12.1. The van der Waals surface area contributed by atoms with Gasteiger partial charge in [0.05, 0.1) is 0 Å². The van der Waals surface area contributed by atoms with Gasteiger partial charge < -0.3 is 0 Å². The van der Waals surface area contributed by atoms with E-state index in [1.54, 1.807) is 0 Å². The molecule has 4 saturated carbocycles. The van der Waals surface area contributed by atoms with Crippen molar-refractivity contribution in [3.05, 3.63) is 0 Å². The summed E-state index contributed by atoms with van der Waals surface area (Å²) in [5, 5.41) is 0. The van der Waals surface area contributed by atoms with E-state index in [1.807, 2.05) is 0 Å². The molecule has 0 saturated heterocycles. The molecule has 0 amide bonds. The van der Waals surface area contributed by atoms with Crippen LogP contribution in [0.3, 0.4) is 0 Å². The molecular weight excluding hydrogens is 352 g/mol. The van der Waals surface area contributed by atoms with E-state index in [-0.39, 0.29) is 0 Å². The van der Waals surface area contributed by atoms with Crippen LogP contribution < -0.4 is 0 Å². The van der Waals surface area contributed by atoms with Gasteiger partial charge in [0, 0.05) is 12.8 Å². The Morgan fingerprint density at radius 2 is 1.59 bits per heavy atom. The molecule has 0 aromatic heterocycles. The van der Waals surface area contributed by atoms with E-state index in [4.69, 9.17) is 0 Å². The van der Waals surface area contributed by atoms with E-state index in [0.717, 1.165) is 48.3 Å². The monoisotopic (exact) mass is 400 g/mol. The lowest BCUT2D eigenvalue weighted by Crippen LogP contribution is -2.53. The Kier molecular flexibility index (Phi) is 6.27. The Balaban J connectivity index is 1.42. The van der Waals surface area contributed by atoms with E-state index in [0.29, 0.717) is 22.5 Å². The summed E-state index contributed by atoms with van der Waals surface area (Å²) in [6.45, 7) is 12.6. The van der Waals surface area contributed by atoms with Crippen LogP contribution >= 0.6 is 0 Å². The number of fused-ring (bicyclic) bond motifs is 5. The molecule has 1 nitrogen and oxygen atoms in total. The van der Waals surface area contributed by atoms with Gasteiger partial charge in [0.15, 0.2) is 0 Å². The van der Waals surface area contributed by atoms with Gasteiger partial charge in [-0.3, -0.25) is 4.79 Å². The molecule has 166 valence electrons. The molecule has 4 fully saturated rings. The fraction of sp³-hybridized carbons (Fsp3) is 0.964. The molecule has 0 aromatic rings. The number of hydrogen-bond donors (Lipinski definition) is 0. The lowest BCUT2D eigenvalue weighted by Gasteiger charge is -2.60. The first-order chi connectivity index (χ1) is 13.8. The standard InChI is InChI=1S/C28H48O/c1-19(2)8-6-7-9-20(3)24-12-13-25-23-11-10-21-18-22(29)14-16-27(21,4)26(23)15-17-28(24,25)5/h19-21,23-26H,6-18H2,1-5H3/t20?,21-,23-,24+,25-,26-,27-,28+/m0/s1. The van der Waals surface area contributed by atoms with Gasteiger partial charge >= 0.3 is 0 Å². The van der Waals surface area contributed by atoms with Crippen molar-refractivity contribution in [2.45, 2.75) is 118 Å². The lowest BCUT2D eigenvalue weighted by atomic mass is 9.44. The fourth-order valence-electron chi connectivity index (χ4n) is 9.24. The van der Waals surface area contributed by atoms with Crippen LogP contribution in [-0.4, -0.2) is 5.78 Å². The zero-order valence-corrected chi connectivity index (χ0v) is 20.1. The smallest absolute Gasteiger partial charge is 0.133 e. The number of rotatable bonds is 6. The van der Waals surface area contributed by atoms with E-state index in [2.05, 4.69) is 34.6 Å². The van der Waals surface area contributed by atoms with Crippen molar-refractivity contribution in [2.24, 2.45) is 52.3 Å². The summed E-state index contributed by atoms with van der Waals surface area (Å²) in [5.74, 6) is 6.83. The van der Waals surface area contributed by atoms with Crippen molar-refractivity contribution in [2.75, 3.05) is 0 Å². The summed E-state index contributed by atoms with van der Waals surface area (Å²) in [5.41, 5.74) is 1.07. The molecule has 8 atom stereocenters. The van der Waals surface area contributed by atoms with Crippen LogP contribution in [-0.2, 0) is 4.79 Å². The molecule has 0 radical (unpaired) electrons. The molecule has 0 spiro atoms. The van der Waals surface area contributed by atoms with Crippen LogP contribution in [0.5, 0.6) is 0 Å². The predicted octanol–water partition coefficient (Wildman–Crippen LogP) is 8.07. The van der Waals surface area contributed by atoms with Crippen LogP contribution in [0.15, 0.2) is 0 Å². The molecule has 1 unspecified atom stereocenters. The van der Waals surface area contributed by atoms with Crippen molar-refractivity contribution in [3.8, 4) is 0 Å². The van der Waals surface area contributed by atoms with Gasteiger partial charge in [0.2, 0.25) is 0 Å². The third-order valence-electron chi connectivity index (χ3n) is 10.9. The topological polar surface area (TPSA) is 17.1 Å². The SMILES string of the molecule is CC(C)CCCCC(C)[C@H]1CC[C@H]2[C@@H]3CC[C@H]4CC(=O)CC[C@]4(C)[C@H]3CC[C@]12C. The van der Waals surface area contributed by atoms with E-state index in [1.165, 1.54) is 70.6 Å². The summed E-state index contributed by atoms with van der Waals surface area (Å²) in [4.78, 5) is 12.1. The first-order valence-electron chi connectivity index (χ1n) is 13.3. The highest BCUT2D eigenvalue weighted by Crippen LogP contribution is 2.68. The summed E-state index contributed by atoms with van der Waals surface area (Å²) in [6, 6.07) is 0. The van der Waals surface area contributed by atoms with E-state index < -0.39 is 0 Å². The Morgan fingerprint density at radius 1 is 0.862 bits per heavy atom. The van der Waals surface area contributed by atoms with Crippen LogP contribution in [0, 0.1) is 52.3 Å². The summed E-state index contributed by atoms with van der Waals surface area (Å²) < 4.78 is 0. The Labute approximate surface area is 181 Å². The molecule has 4 aliphatic rings. The number of Topliss-reactive ketones (excluding diaryl/α,β-unsaturated/α-hetero) is 1. The van der Waals surface area contributed by atoms with Crippen molar-refractivity contribution in [1.29, 1.82) is 0 Å². The first-order valence-corrected chi connectivity index (χ1v) is 13.3. The number of ketones is 1. The minimum Gasteiger partial charge on any atom is -0.300 e. The lowest BCUT2D eigenvalue weighted by molar-refractivity contribution is -0.140. The molecule has 0 bridgehead atoms. The van der Waals surface area contributed by atoms with Crippen LogP contribution in [0.2, 0.25) is 0 Å². The molecule has 0 aromatic carbocycles. The zero-order valence-electron chi connectivity index (χ0n) is 20.1. The molecule has 1 heteroatoms. The summed E-state index contributed by atoms with van der Waals surface area (Å²) >= 11 is 0. The quantitative estimate of drug-likeness (QED) is 0.412. The van der Waals surface area contributed by atoms with Gasteiger partial charge in [0.1, 0.15) is 5.78 Å². The molecule has 0 heterocycles. The molecular formula is C28H48O. The minimum absolute atomic E-state index is 0.471. The van der Waals surface area contributed by atoms with Gasteiger partial charge in [-0.2, -0.15) is 0 Å². The maximum Gasteiger partial charge on any atom is 0.133 e. The maximum absolute atomic E-state index is 12.1. The van der Waals surface area contributed by atoms with Crippen molar-refractivity contribution in [3.63, 3.8) is 0 Å². The van der Waals surface area contributed by atoms with E-state index >= 15 is 0 Å². The second-order valence-electron chi connectivity index (χ2n) is 12.8. The average molecular weight is 401 g/mol. The zero-order chi connectivity index (χ0) is 20.8. The van der Waals surface area contributed by atoms with Gasteiger partial charge in [-0.1, -0.05) is 60.3 Å². The summed E-state index contributed by atoms with van der Waals surface area (Å²) in [6.07, 6.45) is 17.4. The molecule has 29 heavy (non-hydrogen) atoms. The minimum atomic E-state index is 0.471. The van der Waals surface area contributed by atoms with Gasteiger partial charge in [-0.25, -0.2) is 0 Å². The normalized spacial score (nSPS) is 45.6.